The zero-order chi connectivity index (χ0) is 20.9. The van der Waals surface area contributed by atoms with Crippen LogP contribution in [0.15, 0.2) is 82.6 Å². The van der Waals surface area contributed by atoms with Crippen molar-refractivity contribution in [2.75, 3.05) is 0 Å². The first kappa shape index (κ1) is 21.2. The fourth-order valence-corrected chi connectivity index (χ4v) is 4.25. The molecule has 3 aromatic rings. The Labute approximate surface area is 174 Å². The Hall–Kier alpha value is -2.48. The van der Waals surface area contributed by atoms with Gasteiger partial charge in [-0.3, -0.25) is 4.79 Å². The molecule has 0 saturated carbocycles. The van der Waals surface area contributed by atoms with Crippen LogP contribution in [0.5, 0.6) is 0 Å². The van der Waals surface area contributed by atoms with Crippen LogP contribution in [0, 0.1) is 5.82 Å². The predicted octanol–water partition coefficient (Wildman–Crippen LogP) is 4.78. The fraction of sp³-hybridized carbons (Fsp3) is 0.136. The number of nitrogens with two attached hydrogens (primary N) is 1. The number of primary sulfonamides is 1. The van der Waals surface area contributed by atoms with Crippen molar-refractivity contribution in [3.63, 3.8) is 0 Å². The Morgan fingerprint density at radius 3 is 2.34 bits per heavy atom. The molecule has 0 amide bonds. The van der Waals surface area contributed by atoms with Gasteiger partial charge in [0.2, 0.25) is 10.0 Å². The minimum absolute atomic E-state index is 0.0446. The first-order valence-electron chi connectivity index (χ1n) is 9.00. The molecule has 0 aromatic heterocycles. The molecule has 2 N–H and O–H groups in total. The lowest BCUT2D eigenvalue weighted by atomic mass is 10.1. The Morgan fingerprint density at radius 1 is 0.931 bits per heavy atom. The van der Waals surface area contributed by atoms with Gasteiger partial charge in [-0.15, -0.1) is 0 Å². The maximum absolute atomic E-state index is 13.2. The molecule has 0 unspecified atom stereocenters. The molecule has 3 rings (SSSR count). The van der Waals surface area contributed by atoms with E-state index < -0.39 is 10.0 Å². The van der Waals surface area contributed by atoms with Crippen molar-refractivity contribution in [3.05, 3.63) is 84.2 Å². The Kier molecular flexibility index (Phi) is 6.84. The van der Waals surface area contributed by atoms with E-state index in [1.807, 2.05) is 30.3 Å². The summed E-state index contributed by atoms with van der Waals surface area (Å²) >= 11 is 1.17. The van der Waals surface area contributed by atoms with Crippen molar-refractivity contribution in [2.45, 2.75) is 29.1 Å². The van der Waals surface area contributed by atoms with Crippen LogP contribution in [0.3, 0.4) is 0 Å². The van der Waals surface area contributed by atoms with Crippen molar-refractivity contribution in [1.29, 1.82) is 0 Å². The lowest BCUT2D eigenvalue weighted by Gasteiger charge is -2.06. The molecule has 3 aromatic carbocycles. The highest BCUT2D eigenvalue weighted by atomic mass is 32.2. The van der Waals surface area contributed by atoms with Crippen LogP contribution < -0.4 is 5.14 Å². The molecule has 0 atom stereocenters. The molecule has 29 heavy (non-hydrogen) atoms. The second-order valence-electron chi connectivity index (χ2n) is 6.55. The lowest BCUT2D eigenvalue weighted by molar-refractivity contribution is -0.111. The number of aryl methyl sites for hydroxylation is 1. The summed E-state index contributed by atoms with van der Waals surface area (Å²) in [6.45, 7) is 0. The molecular formula is C22H20FNO3S2. The van der Waals surface area contributed by atoms with Crippen molar-refractivity contribution in [2.24, 2.45) is 5.14 Å². The van der Waals surface area contributed by atoms with Crippen LogP contribution in [0.2, 0.25) is 0 Å². The SMILES string of the molecule is NS(=O)(=O)c1ccc(-c2cccc(SC(=O)CCCc3cccc(F)c3)c2)cc1. The second-order valence-corrected chi connectivity index (χ2v) is 9.25. The van der Waals surface area contributed by atoms with Gasteiger partial charge in [0.1, 0.15) is 5.82 Å². The van der Waals surface area contributed by atoms with E-state index in [0.29, 0.717) is 19.3 Å². The number of benzene rings is 3. The minimum Gasteiger partial charge on any atom is -0.287 e. The zero-order valence-electron chi connectivity index (χ0n) is 15.5. The van der Waals surface area contributed by atoms with Crippen LogP contribution in [-0.4, -0.2) is 13.5 Å². The van der Waals surface area contributed by atoms with E-state index in [4.69, 9.17) is 5.14 Å². The van der Waals surface area contributed by atoms with Gasteiger partial charge in [-0.25, -0.2) is 17.9 Å². The van der Waals surface area contributed by atoms with E-state index in [0.717, 1.165) is 21.6 Å². The molecule has 0 aliphatic carbocycles. The first-order valence-corrected chi connectivity index (χ1v) is 11.4. The third-order valence-electron chi connectivity index (χ3n) is 4.32. The van der Waals surface area contributed by atoms with Crippen LogP contribution in [0.1, 0.15) is 18.4 Å². The topological polar surface area (TPSA) is 77.2 Å². The van der Waals surface area contributed by atoms with Crippen LogP contribution in [-0.2, 0) is 21.2 Å². The van der Waals surface area contributed by atoms with Gasteiger partial charge >= 0.3 is 0 Å². The number of halogens is 1. The molecule has 0 aliphatic heterocycles. The van der Waals surface area contributed by atoms with Crippen LogP contribution >= 0.6 is 11.8 Å². The molecule has 0 radical (unpaired) electrons. The highest BCUT2D eigenvalue weighted by Gasteiger charge is 2.09. The van der Waals surface area contributed by atoms with Gasteiger partial charge in [0.05, 0.1) is 4.90 Å². The van der Waals surface area contributed by atoms with Gasteiger partial charge in [-0.2, -0.15) is 0 Å². The number of sulfonamides is 1. The first-order chi connectivity index (χ1) is 13.8. The van der Waals surface area contributed by atoms with E-state index in [1.54, 1.807) is 18.2 Å². The maximum Gasteiger partial charge on any atom is 0.238 e. The lowest BCUT2D eigenvalue weighted by Crippen LogP contribution is -2.11. The van der Waals surface area contributed by atoms with Crippen molar-refractivity contribution < 1.29 is 17.6 Å². The number of rotatable bonds is 7. The van der Waals surface area contributed by atoms with E-state index in [-0.39, 0.29) is 15.8 Å². The second kappa shape index (κ2) is 9.35. The Morgan fingerprint density at radius 2 is 1.66 bits per heavy atom. The van der Waals surface area contributed by atoms with Gasteiger partial charge in [0, 0.05) is 11.3 Å². The molecule has 150 valence electrons. The molecule has 0 fully saturated rings. The van der Waals surface area contributed by atoms with Crippen molar-refractivity contribution in [3.8, 4) is 11.1 Å². The Balaban J connectivity index is 1.60. The predicted molar refractivity (Wildman–Crippen MR) is 113 cm³/mol. The van der Waals surface area contributed by atoms with E-state index in [1.165, 1.54) is 36.0 Å². The maximum atomic E-state index is 13.2. The summed E-state index contributed by atoms with van der Waals surface area (Å²) in [6.07, 6.45) is 1.71. The molecule has 4 nitrogen and oxygen atoms in total. The summed E-state index contributed by atoms with van der Waals surface area (Å²) in [5, 5.41) is 5.17. The van der Waals surface area contributed by atoms with E-state index >= 15 is 0 Å². The third kappa shape index (κ3) is 6.25. The molecule has 7 heteroatoms. The van der Waals surface area contributed by atoms with Gasteiger partial charge in [0.25, 0.3) is 0 Å². The number of carbonyl (C=O) groups excluding carboxylic acids is 1. The third-order valence-corrected chi connectivity index (χ3v) is 6.17. The summed E-state index contributed by atoms with van der Waals surface area (Å²) in [4.78, 5) is 13.2. The van der Waals surface area contributed by atoms with Crippen LogP contribution in [0.4, 0.5) is 4.39 Å². The average molecular weight is 430 g/mol. The van der Waals surface area contributed by atoms with Gasteiger partial charge in [-0.1, -0.05) is 48.2 Å². The normalized spacial score (nSPS) is 11.4. The smallest absolute Gasteiger partial charge is 0.238 e. The average Bonchev–Trinajstić information content (AvgIpc) is 2.68. The number of thioether (sulfide) groups is 1. The number of hydrogen-bond acceptors (Lipinski definition) is 4. The van der Waals surface area contributed by atoms with Crippen molar-refractivity contribution >= 4 is 26.9 Å². The van der Waals surface area contributed by atoms with Gasteiger partial charge in [0.15, 0.2) is 5.12 Å². The molecule has 0 bridgehead atoms. The number of hydrogen-bond donors (Lipinski definition) is 1. The highest BCUT2D eigenvalue weighted by molar-refractivity contribution is 8.13. The highest BCUT2D eigenvalue weighted by Crippen LogP contribution is 2.28. The monoisotopic (exact) mass is 429 g/mol. The number of carbonyl (C=O) groups is 1. The summed E-state index contributed by atoms with van der Waals surface area (Å²) < 4.78 is 35.9. The molecule has 0 heterocycles. The standard InChI is InChI=1S/C22H20FNO3S2/c23-19-7-1-4-16(14-19)5-2-9-22(25)28-20-8-3-6-18(15-20)17-10-12-21(13-11-17)29(24,26)27/h1,3-4,6-8,10-15H,2,5,9H2,(H2,24,26,27). The Bertz CT molecular complexity index is 1110. The largest absolute Gasteiger partial charge is 0.287 e. The molecule has 0 saturated heterocycles. The van der Waals surface area contributed by atoms with E-state index in [9.17, 15) is 17.6 Å². The van der Waals surface area contributed by atoms with Gasteiger partial charge in [-0.05, 0) is 65.9 Å². The molecule has 0 spiro atoms. The quantitative estimate of drug-likeness (QED) is 0.548. The molecular weight excluding hydrogens is 409 g/mol. The van der Waals surface area contributed by atoms with Gasteiger partial charge < -0.3 is 0 Å². The zero-order valence-corrected chi connectivity index (χ0v) is 17.2. The van der Waals surface area contributed by atoms with Crippen molar-refractivity contribution in [1.82, 2.24) is 0 Å². The summed E-state index contributed by atoms with van der Waals surface area (Å²) in [7, 11) is -3.73. The summed E-state index contributed by atoms with van der Waals surface area (Å²) in [5.74, 6) is -0.267. The van der Waals surface area contributed by atoms with Crippen LogP contribution in [0.25, 0.3) is 11.1 Å². The minimum atomic E-state index is -3.73. The molecule has 0 aliphatic rings. The fourth-order valence-electron chi connectivity index (χ4n) is 2.89. The summed E-state index contributed by atoms with van der Waals surface area (Å²) in [6, 6.07) is 20.2. The summed E-state index contributed by atoms with van der Waals surface area (Å²) in [5.41, 5.74) is 2.59. The van der Waals surface area contributed by atoms with E-state index in [2.05, 4.69) is 0 Å².